The van der Waals surface area contributed by atoms with E-state index in [9.17, 15) is 0 Å². The Bertz CT molecular complexity index is 345. The quantitative estimate of drug-likeness (QED) is 0.842. The molecular weight excluding hydrogens is 226 g/mol. The van der Waals surface area contributed by atoms with Gasteiger partial charge < -0.3 is 9.84 Å². The highest BCUT2D eigenvalue weighted by molar-refractivity contribution is 5.02. The molecule has 1 aliphatic heterocycles. The van der Waals surface area contributed by atoms with Gasteiger partial charge in [0.25, 0.3) is 0 Å². The lowest BCUT2D eigenvalue weighted by atomic mass is 10.0. The Hall–Kier alpha value is -0.870. The van der Waals surface area contributed by atoms with Crippen LogP contribution in [0.4, 0.5) is 0 Å². The van der Waals surface area contributed by atoms with Crippen LogP contribution in [0.1, 0.15) is 44.1 Å². The van der Waals surface area contributed by atoms with Gasteiger partial charge >= 0.3 is 0 Å². The molecule has 1 aromatic rings. The molecule has 1 atom stereocenters. The fourth-order valence-corrected chi connectivity index (χ4v) is 2.65. The number of nitrogens with zero attached hydrogens (tertiary/aromatic N) is 2. The van der Waals surface area contributed by atoms with Crippen molar-refractivity contribution in [3.63, 3.8) is 0 Å². The fourth-order valence-electron chi connectivity index (χ4n) is 2.65. The topological polar surface area (TPSA) is 41.3 Å². The van der Waals surface area contributed by atoms with Crippen LogP contribution in [-0.2, 0) is 6.54 Å². The molecule has 1 saturated heterocycles. The molecule has 0 aromatic carbocycles. The van der Waals surface area contributed by atoms with E-state index in [4.69, 9.17) is 4.52 Å². The number of aryl methyl sites for hydroxylation is 1. The van der Waals surface area contributed by atoms with E-state index in [0.717, 1.165) is 31.1 Å². The summed E-state index contributed by atoms with van der Waals surface area (Å²) in [5.41, 5.74) is 0.970. The standard InChI is InChI=1S/C14H25N3O/c1-3-8-17(10-13-6-4-5-7-15-13)11-14-9-12(2)16-18-14/h9,13,15H,3-8,10-11H2,1-2H3. The van der Waals surface area contributed by atoms with E-state index in [1.807, 2.05) is 13.0 Å². The maximum Gasteiger partial charge on any atom is 0.150 e. The van der Waals surface area contributed by atoms with Gasteiger partial charge in [-0.05, 0) is 39.3 Å². The number of aromatic nitrogens is 1. The van der Waals surface area contributed by atoms with Gasteiger partial charge in [-0.3, -0.25) is 4.90 Å². The summed E-state index contributed by atoms with van der Waals surface area (Å²) >= 11 is 0. The van der Waals surface area contributed by atoms with Crippen molar-refractivity contribution in [3.05, 3.63) is 17.5 Å². The lowest BCUT2D eigenvalue weighted by Crippen LogP contribution is -2.43. The third-order valence-corrected chi connectivity index (χ3v) is 3.49. The second-order valence-electron chi connectivity index (χ2n) is 5.32. The minimum Gasteiger partial charge on any atom is -0.360 e. The van der Waals surface area contributed by atoms with Crippen molar-refractivity contribution in [2.75, 3.05) is 19.6 Å². The van der Waals surface area contributed by atoms with E-state index in [1.54, 1.807) is 0 Å². The molecule has 1 aliphatic rings. The zero-order valence-electron chi connectivity index (χ0n) is 11.6. The average molecular weight is 251 g/mol. The molecule has 2 rings (SSSR count). The Morgan fingerprint density at radius 2 is 2.39 bits per heavy atom. The van der Waals surface area contributed by atoms with Crippen molar-refractivity contribution in [3.8, 4) is 0 Å². The van der Waals surface area contributed by atoms with Crippen LogP contribution in [0.3, 0.4) is 0 Å². The molecule has 0 amide bonds. The molecule has 4 heteroatoms. The fraction of sp³-hybridized carbons (Fsp3) is 0.786. The molecule has 1 N–H and O–H groups in total. The Morgan fingerprint density at radius 1 is 1.50 bits per heavy atom. The van der Waals surface area contributed by atoms with Crippen molar-refractivity contribution < 1.29 is 4.52 Å². The SMILES string of the molecule is CCCN(Cc1cc(C)no1)CC1CCCCN1. The van der Waals surface area contributed by atoms with Crippen LogP contribution < -0.4 is 5.32 Å². The van der Waals surface area contributed by atoms with Gasteiger partial charge in [0.2, 0.25) is 0 Å². The van der Waals surface area contributed by atoms with Crippen molar-refractivity contribution >= 4 is 0 Å². The molecule has 0 aliphatic carbocycles. The Kier molecular flexibility index (Phi) is 5.20. The van der Waals surface area contributed by atoms with E-state index in [1.165, 1.54) is 32.2 Å². The summed E-state index contributed by atoms with van der Waals surface area (Å²) in [6, 6.07) is 2.69. The van der Waals surface area contributed by atoms with E-state index >= 15 is 0 Å². The minimum absolute atomic E-state index is 0.648. The first-order valence-corrected chi connectivity index (χ1v) is 7.16. The predicted octanol–water partition coefficient (Wildman–Crippen LogP) is 2.34. The Morgan fingerprint density at radius 3 is 3.00 bits per heavy atom. The molecule has 0 spiro atoms. The molecular formula is C14H25N3O. The number of hydrogen-bond donors (Lipinski definition) is 1. The summed E-state index contributed by atoms with van der Waals surface area (Å²) in [7, 11) is 0. The predicted molar refractivity (Wildman–Crippen MR) is 72.4 cm³/mol. The van der Waals surface area contributed by atoms with Gasteiger partial charge in [-0.15, -0.1) is 0 Å². The maximum atomic E-state index is 5.32. The maximum absolute atomic E-state index is 5.32. The first kappa shape index (κ1) is 13.6. The smallest absolute Gasteiger partial charge is 0.150 e. The van der Waals surface area contributed by atoms with Crippen LogP contribution in [0.25, 0.3) is 0 Å². The first-order chi connectivity index (χ1) is 8.78. The normalized spacial score (nSPS) is 20.5. The van der Waals surface area contributed by atoms with Gasteiger partial charge in [-0.1, -0.05) is 18.5 Å². The van der Waals surface area contributed by atoms with E-state index in [0.29, 0.717) is 6.04 Å². The third kappa shape index (κ3) is 4.10. The van der Waals surface area contributed by atoms with Gasteiger partial charge in [-0.25, -0.2) is 0 Å². The molecule has 4 nitrogen and oxygen atoms in total. The van der Waals surface area contributed by atoms with E-state index in [2.05, 4.69) is 22.3 Å². The van der Waals surface area contributed by atoms with Crippen molar-refractivity contribution in [1.29, 1.82) is 0 Å². The second kappa shape index (κ2) is 6.90. The molecule has 0 bridgehead atoms. The van der Waals surface area contributed by atoms with E-state index in [-0.39, 0.29) is 0 Å². The number of rotatable bonds is 6. The monoisotopic (exact) mass is 251 g/mol. The molecule has 1 fully saturated rings. The van der Waals surface area contributed by atoms with E-state index < -0.39 is 0 Å². The molecule has 1 unspecified atom stereocenters. The number of nitrogens with one attached hydrogen (secondary N) is 1. The van der Waals surface area contributed by atoms with Gasteiger partial charge in [-0.2, -0.15) is 0 Å². The number of hydrogen-bond acceptors (Lipinski definition) is 4. The Labute approximate surface area is 110 Å². The lowest BCUT2D eigenvalue weighted by Gasteiger charge is -2.29. The van der Waals surface area contributed by atoms with Crippen molar-refractivity contribution in [2.24, 2.45) is 0 Å². The van der Waals surface area contributed by atoms with Crippen LogP contribution in [0.5, 0.6) is 0 Å². The van der Waals surface area contributed by atoms with Gasteiger partial charge in [0.1, 0.15) is 0 Å². The largest absolute Gasteiger partial charge is 0.360 e. The molecule has 0 radical (unpaired) electrons. The summed E-state index contributed by atoms with van der Waals surface area (Å²) in [6.45, 7) is 8.50. The van der Waals surface area contributed by atoms with Gasteiger partial charge in [0, 0.05) is 18.7 Å². The average Bonchev–Trinajstić information content (AvgIpc) is 2.76. The zero-order valence-corrected chi connectivity index (χ0v) is 11.6. The van der Waals surface area contributed by atoms with Crippen LogP contribution >= 0.6 is 0 Å². The highest BCUT2D eigenvalue weighted by atomic mass is 16.5. The zero-order chi connectivity index (χ0) is 12.8. The minimum atomic E-state index is 0.648. The summed E-state index contributed by atoms with van der Waals surface area (Å²) in [5, 5.41) is 7.57. The third-order valence-electron chi connectivity index (χ3n) is 3.49. The molecule has 2 heterocycles. The lowest BCUT2D eigenvalue weighted by molar-refractivity contribution is 0.196. The van der Waals surface area contributed by atoms with Crippen LogP contribution in [0.15, 0.2) is 10.6 Å². The van der Waals surface area contributed by atoms with Crippen molar-refractivity contribution in [2.45, 2.75) is 52.1 Å². The molecule has 0 saturated carbocycles. The highest BCUT2D eigenvalue weighted by Crippen LogP contribution is 2.12. The second-order valence-corrected chi connectivity index (χ2v) is 5.32. The Balaban J connectivity index is 1.86. The van der Waals surface area contributed by atoms with Gasteiger partial charge in [0.05, 0.1) is 12.2 Å². The van der Waals surface area contributed by atoms with Crippen LogP contribution in [-0.4, -0.2) is 35.7 Å². The summed E-state index contributed by atoms with van der Waals surface area (Å²) in [6.07, 6.45) is 5.17. The van der Waals surface area contributed by atoms with Crippen LogP contribution in [0, 0.1) is 6.92 Å². The first-order valence-electron chi connectivity index (χ1n) is 7.16. The van der Waals surface area contributed by atoms with Gasteiger partial charge in [0.15, 0.2) is 5.76 Å². The van der Waals surface area contributed by atoms with Crippen LogP contribution in [0.2, 0.25) is 0 Å². The molecule has 1 aromatic heterocycles. The highest BCUT2D eigenvalue weighted by Gasteiger charge is 2.17. The van der Waals surface area contributed by atoms with Crippen molar-refractivity contribution in [1.82, 2.24) is 15.4 Å². The summed E-state index contributed by atoms with van der Waals surface area (Å²) < 4.78 is 5.32. The number of piperidine rings is 1. The summed E-state index contributed by atoms with van der Waals surface area (Å²) in [4.78, 5) is 2.48. The molecule has 102 valence electrons. The summed E-state index contributed by atoms with van der Waals surface area (Å²) in [5.74, 6) is 0.983. The molecule has 18 heavy (non-hydrogen) atoms.